The van der Waals surface area contributed by atoms with Gasteiger partial charge in [-0.3, -0.25) is 4.79 Å². The number of aromatic hydroxyl groups is 1. The van der Waals surface area contributed by atoms with Gasteiger partial charge in [-0.15, -0.1) is 0 Å². The smallest absolute Gasteiger partial charge is 0.437 e. The maximum absolute atomic E-state index is 13.9. The van der Waals surface area contributed by atoms with Crippen LogP contribution in [-0.4, -0.2) is 40.5 Å². The molecule has 1 fully saturated rings. The van der Waals surface area contributed by atoms with Gasteiger partial charge in [0.05, 0.1) is 12.6 Å². The van der Waals surface area contributed by atoms with Crippen molar-refractivity contribution in [3.63, 3.8) is 0 Å². The van der Waals surface area contributed by atoms with E-state index in [0.717, 1.165) is 6.07 Å². The van der Waals surface area contributed by atoms with E-state index in [-0.39, 0.29) is 34.3 Å². The van der Waals surface area contributed by atoms with Crippen molar-refractivity contribution in [3.8, 4) is 11.5 Å². The molecule has 1 aliphatic heterocycles. The van der Waals surface area contributed by atoms with Crippen LogP contribution in [0.2, 0.25) is 5.02 Å². The zero-order chi connectivity index (χ0) is 23.0. The van der Waals surface area contributed by atoms with Gasteiger partial charge in [-0.05, 0) is 48.9 Å². The van der Waals surface area contributed by atoms with Crippen LogP contribution in [0.15, 0.2) is 42.5 Å². The van der Waals surface area contributed by atoms with E-state index in [4.69, 9.17) is 16.3 Å². The molecule has 1 saturated heterocycles. The number of rotatable bonds is 5. The zero-order valence-corrected chi connectivity index (χ0v) is 16.8. The lowest BCUT2D eigenvalue weighted by Gasteiger charge is -2.45. The van der Waals surface area contributed by atoms with Crippen LogP contribution >= 0.6 is 11.6 Å². The highest BCUT2D eigenvalue weighted by molar-refractivity contribution is 6.30. The predicted molar refractivity (Wildman–Crippen MR) is 104 cm³/mol. The Morgan fingerprint density at radius 3 is 2.45 bits per heavy atom. The number of ether oxygens (including phenoxy) is 1. The molecule has 0 aliphatic carbocycles. The summed E-state index contributed by atoms with van der Waals surface area (Å²) >= 11 is 5.79. The maximum atomic E-state index is 13.9. The monoisotopic (exact) mass is 458 g/mol. The van der Waals surface area contributed by atoms with Gasteiger partial charge in [0.2, 0.25) is 5.72 Å². The van der Waals surface area contributed by atoms with Gasteiger partial charge >= 0.3 is 12.2 Å². The highest BCUT2D eigenvalue weighted by atomic mass is 35.5. The second-order valence-electron chi connectivity index (χ2n) is 6.85. The number of hydrogen-bond donors (Lipinski definition) is 4. The van der Waals surface area contributed by atoms with E-state index in [1.807, 2.05) is 0 Å². The molecule has 3 atom stereocenters. The van der Waals surface area contributed by atoms with Crippen LogP contribution in [0.1, 0.15) is 28.9 Å². The number of benzene rings is 2. The van der Waals surface area contributed by atoms with Crippen molar-refractivity contribution in [2.24, 2.45) is 5.92 Å². The number of phenolic OH excluding ortho intramolecular Hbond substituents is 1. The molecule has 2 aromatic rings. The van der Waals surface area contributed by atoms with Crippen molar-refractivity contribution in [1.82, 2.24) is 10.6 Å². The molecular weight excluding hydrogens is 441 g/mol. The Hall–Kier alpha value is -2.98. The molecule has 0 aromatic heterocycles. The third-order valence-electron chi connectivity index (χ3n) is 4.86. The van der Waals surface area contributed by atoms with E-state index in [1.54, 1.807) is 6.92 Å². The first-order valence-electron chi connectivity index (χ1n) is 9.11. The SMILES string of the molecule is CCOc1cc([C@@H]2NC(=O)N[C@@](O)(C(F)(F)F)[C@H]2C(=O)c2ccc(Cl)cc2)ccc1O. The number of phenols is 1. The molecule has 31 heavy (non-hydrogen) atoms. The Labute approximate surface area is 179 Å². The van der Waals surface area contributed by atoms with Gasteiger partial charge in [0.1, 0.15) is 5.92 Å². The van der Waals surface area contributed by atoms with Crippen LogP contribution in [0.5, 0.6) is 11.5 Å². The van der Waals surface area contributed by atoms with Crippen molar-refractivity contribution in [1.29, 1.82) is 0 Å². The summed E-state index contributed by atoms with van der Waals surface area (Å²) < 4.78 is 47.0. The molecular formula is C20H18ClF3N2O5. The second kappa shape index (κ2) is 8.27. The van der Waals surface area contributed by atoms with E-state index in [2.05, 4.69) is 5.32 Å². The van der Waals surface area contributed by atoms with Crippen molar-refractivity contribution in [2.75, 3.05) is 6.61 Å². The number of hydrogen-bond acceptors (Lipinski definition) is 5. The summed E-state index contributed by atoms with van der Waals surface area (Å²) in [7, 11) is 0. The molecule has 166 valence electrons. The number of halogens is 4. The molecule has 11 heteroatoms. The largest absolute Gasteiger partial charge is 0.504 e. The Morgan fingerprint density at radius 1 is 1.23 bits per heavy atom. The summed E-state index contributed by atoms with van der Waals surface area (Å²) in [5, 5.41) is 24.4. The Morgan fingerprint density at radius 2 is 1.87 bits per heavy atom. The molecule has 1 aliphatic rings. The fraction of sp³-hybridized carbons (Fsp3) is 0.300. The summed E-state index contributed by atoms with van der Waals surface area (Å²) in [6.07, 6.45) is -5.38. The number of alkyl halides is 3. The van der Waals surface area contributed by atoms with Gasteiger partial charge in [0.15, 0.2) is 17.3 Å². The molecule has 0 bridgehead atoms. The summed E-state index contributed by atoms with van der Waals surface area (Å²) in [5.74, 6) is -3.62. The van der Waals surface area contributed by atoms with Gasteiger partial charge in [-0.1, -0.05) is 17.7 Å². The van der Waals surface area contributed by atoms with Crippen LogP contribution < -0.4 is 15.4 Å². The topological polar surface area (TPSA) is 108 Å². The molecule has 0 radical (unpaired) electrons. The lowest BCUT2D eigenvalue weighted by Crippen LogP contribution is -2.72. The lowest BCUT2D eigenvalue weighted by molar-refractivity contribution is -0.287. The average molecular weight is 459 g/mol. The summed E-state index contributed by atoms with van der Waals surface area (Å²) in [6.45, 7) is 1.78. The summed E-state index contributed by atoms with van der Waals surface area (Å²) in [4.78, 5) is 25.2. The lowest BCUT2D eigenvalue weighted by atomic mass is 9.77. The van der Waals surface area contributed by atoms with Crippen LogP contribution in [0, 0.1) is 5.92 Å². The van der Waals surface area contributed by atoms with Crippen molar-refractivity contribution in [3.05, 3.63) is 58.6 Å². The Bertz CT molecular complexity index is 999. The van der Waals surface area contributed by atoms with Crippen LogP contribution in [-0.2, 0) is 0 Å². The quantitative estimate of drug-likeness (QED) is 0.512. The van der Waals surface area contributed by atoms with Gasteiger partial charge < -0.3 is 25.6 Å². The second-order valence-corrected chi connectivity index (χ2v) is 7.29. The minimum Gasteiger partial charge on any atom is -0.504 e. The van der Waals surface area contributed by atoms with E-state index in [0.29, 0.717) is 0 Å². The molecule has 0 spiro atoms. The van der Waals surface area contributed by atoms with Crippen molar-refractivity contribution in [2.45, 2.75) is 24.9 Å². The number of nitrogens with one attached hydrogen (secondary N) is 2. The third-order valence-corrected chi connectivity index (χ3v) is 5.11. The number of Topliss-reactive ketones (excluding diaryl/α,β-unsaturated/α-hetero) is 1. The molecule has 3 rings (SSSR count). The number of ketones is 1. The van der Waals surface area contributed by atoms with Crippen molar-refractivity contribution < 1.29 is 37.7 Å². The number of carbonyl (C=O) groups is 2. The first-order chi connectivity index (χ1) is 14.5. The molecule has 0 saturated carbocycles. The van der Waals surface area contributed by atoms with E-state index < -0.39 is 35.7 Å². The molecule has 1 heterocycles. The van der Waals surface area contributed by atoms with Gasteiger partial charge in [0.25, 0.3) is 0 Å². The first kappa shape index (κ1) is 22.7. The highest BCUT2D eigenvalue weighted by Crippen LogP contribution is 2.45. The summed E-state index contributed by atoms with van der Waals surface area (Å²) in [6, 6.07) is 5.75. The minimum atomic E-state index is -5.38. The molecule has 4 N–H and O–H groups in total. The van der Waals surface area contributed by atoms with E-state index >= 15 is 0 Å². The van der Waals surface area contributed by atoms with Gasteiger partial charge in [0, 0.05) is 10.6 Å². The molecule has 0 unspecified atom stereocenters. The van der Waals surface area contributed by atoms with E-state index in [1.165, 1.54) is 41.7 Å². The zero-order valence-electron chi connectivity index (χ0n) is 16.0. The number of carbonyl (C=O) groups excluding carboxylic acids is 2. The van der Waals surface area contributed by atoms with E-state index in [9.17, 15) is 33.0 Å². The Kier molecular flexibility index (Phi) is 6.06. The fourth-order valence-electron chi connectivity index (χ4n) is 3.41. The molecule has 7 nitrogen and oxygen atoms in total. The molecule has 2 amide bonds. The third kappa shape index (κ3) is 4.26. The molecule has 2 aromatic carbocycles. The van der Waals surface area contributed by atoms with Crippen LogP contribution in [0.25, 0.3) is 0 Å². The fourth-order valence-corrected chi connectivity index (χ4v) is 3.53. The normalized spacial score (nSPS) is 23.6. The highest BCUT2D eigenvalue weighted by Gasteiger charge is 2.66. The van der Waals surface area contributed by atoms with Gasteiger partial charge in [-0.2, -0.15) is 13.2 Å². The standard InChI is InChI=1S/C20H18ClF3N2O5/c1-2-31-14-9-11(5-8-13(14)27)16-15(17(28)10-3-6-12(21)7-4-10)19(30,20(22,23)24)26-18(29)25-16/h3-9,15-16,27,30H,2H2,1H3,(H2,25,26,29)/t15-,16+,19+/m1/s1. The maximum Gasteiger partial charge on any atom is 0.437 e. The average Bonchev–Trinajstić information content (AvgIpc) is 2.68. The van der Waals surface area contributed by atoms with Crippen LogP contribution in [0.3, 0.4) is 0 Å². The summed E-state index contributed by atoms with van der Waals surface area (Å²) in [5.41, 5.74) is -3.99. The Balaban J connectivity index is 2.17. The number of urea groups is 1. The number of aliphatic hydroxyl groups is 1. The van der Waals surface area contributed by atoms with Gasteiger partial charge in [-0.25, -0.2) is 4.79 Å². The predicted octanol–water partition coefficient (Wildman–Crippen LogP) is 3.55. The minimum absolute atomic E-state index is 0.0195. The first-order valence-corrected chi connectivity index (χ1v) is 9.49. The van der Waals surface area contributed by atoms with Crippen LogP contribution in [0.4, 0.5) is 18.0 Å². The number of amides is 2. The van der Waals surface area contributed by atoms with Crippen molar-refractivity contribution >= 4 is 23.4 Å².